The average Bonchev–Trinajstić information content (AvgIpc) is 2.83. The van der Waals surface area contributed by atoms with Crippen LogP contribution in [0.3, 0.4) is 0 Å². The van der Waals surface area contributed by atoms with Gasteiger partial charge in [0.15, 0.2) is 0 Å². The van der Waals surface area contributed by atoms with Crippen molar-refractivity contribution in [1.82, 2.24) is 4.98 Å². The van der Waals surface area contributed by atoms with Crippen LogP contribution in [0.1, 0.15) is 11.3 Å². The van der Waals surface area contributed by atoms with E-state index in [0.29, 0.717) is 16.5 Å². The van der Waals surface area contributed by atoms with Gasteiger partial charge in [-0.15, -0.1) is 0 Å². The molecule has 0 aliphatic carbocycles. The van der Waals surface area contributed by atoms with Crippen LogP contribution in [0, 0.1) is 0 Å². The molecule has 1 amide bonds. The van der Waals surface area contributed by atoms with Gasteiger partial charge in [0.05, 0.1) is 11.2 Å². The molecule has 33 heavy (non-hydrogen) atoms. The van der Waals surface area contributed by atoms with Crippen molar-refractivity contribution in [3.05, 3.63) is 113 Å². The zero-order valence-corrected chi connectivity index (χ0v) is 18.3. The first kappa shape index (κ1) is 20.7. The SMILES string of the molecule is O=C(Nc1ccc2c(/C=C/c3ccc4cc(Cl)ccc4n3)cccc2c1)Oc1ccccc1. The van der Waals surface area contributed by atoms with Crippen molar-refractivity contribution in [2.75, 3.05) is 5.32 Å². The standard InChI is InChI=1S/C28H19ClN2O2/c29-22-11-16-27-21(17-22)10-13-23(30-27)12-9-19-5-4-6-20-18-24(14-15-26(19)20)31-28(32)33-25-7-2-1-3-8-25/h1-18H,(H,31,32)/b12-9+. The molecule has 5 heteroatoms. The van der Waals surface area contributed by atoms with Crippen molar-refractivity contribution in [2.24, 2.45) is 0 Å². The van der Waals surface area contributed by atoms with Crippen LogP contribution in [-0.4, -0.2) is 11.1 Å². The minimum Gasteiger partial charge on any atom is -0.410 e. The Morgan fingerprint density at radius 2 is 1.70 bits per heavy atom. The van der Waals surface area contributed by atoms with E-state index in [1.807, 2.05) is 91.0 Å². The van der Waals surface area contributed by atoms with E-state index >= 15 is 0 Å². The fraction of sp³-hybridized carbons (Fsp3) is 0. The van der Waals surface area contributed by atoms with Crippen LogP contribution in [0.2, 0.25) is 5.02 Å². The number of aromatic nitrogens is 1. The lowest BCUT2D eigenvalue weighted by molar-refractivity contribution is 0.215. The summed E-state index contributed by atoms with van der Waals surface area (Å²) < 4.78 is 5.30. The van der Waals surface area contributed by atoms with Gasteiger partial charge in [0.2, 0.25) is 0 Å². The van der Waals surface area contributed by atoms with Gasteiger partial charge in [0, 0.05) is 16.1 Å². The normalized spacial score (nSPS) is 11.2. The lowest BCUT2D eigenvalue weighted by Crippen LogP contribution is -2.16. The van der Waals surface area contributed by atoms with E-state index in [4.69, 9.17) is 16.3 Å². The Kier molecular flexibility index (Phi) is 5.75. The smallest absolute Gasteiger partial charge is 0.410 e. The van der Waals surface area contributed by atoms with E-state index in [0.717, 1.165) is 32.9 Å². The first-order chi connectivity index (χ1) is 16.1. The van der Waals surface area contributed by atoms with Crippen LogP contribution in [0.4, 0.5) is 10.5 Å². The summed E-state index contributed by atoms with van der Waals surface area (Å²) in [6.45, 7) is 0. The minimum atomic E-state index is -0.528. The average molecular weight is 451 g/mol. The zero-order valence-electron chi connectivity index (χ0n) is 17.5. The summed E-state index contributed by atoms with van der Waals surface area (Å²) >= 11 is 6.06. The Balaban J connectivity index is 1.36. The second kappa shape index (κ2) is 9.15. The van der Waals surface area contributed by atoms with Crippen molar-refractivity contribution in [3.8, 4) is 5.75 Å². The number of halogens is 1. The third-order valence-corrected chi connectivity index (χ3v) is 5.46. The predicted molar refractivity (Wildman–Crippen MR) is 136 cm³/mol. The van der Waals surface area contributed by atoms with Crippen molar-refractivity contribution in [2.45, 2.75) is 0 Å². The van der Waals surface area contributed by atoms with Gasteiger partial charge >= 0.3 is 6.09 Å². The number of hydrogen-bond acceptors (Lipinski definition) is 3. The van der Waals surface area contributed by atoms with E-state index in [1.54, 1.807) is 12.1 Å². The maximum atomic E-state index is 12.2. The topological polar surface area (TPSA) is 51.2 Å². The third-order valence-electron chi connectivity index (χ3n) is 5.22. The van der Waals surface area contributed by atoms with Crippen molar-refractivity contribution < 1.29 is 9.53 Å². The summed E-state index contributed by atoms with van der Waals surface area (Å²) in [4.78, 5) is 16.9. The second-order valence-electron chi connectivity index (χ2n) is 7.52. The second-order valence-corrected chi connectivity index (χ2v) is 7.95. The molecule has 0 fully saturated rings. The molecular formula is C28H19ClN2O2. The molecule has 4 aromatic carbocycles. The highest BCUT2D eigenvalue weighted by molar-refractivity contribution is 6.31. The van der Waals surface area contributed by atoms with Crippen LogP contribution >= 0.6 is 11.6 Å². The number of hydrogen-bond donors (Lipinski definition) is 1. The molecule has 0 saturated carbocycles. The summed E-state index contributed by atoms with van der Waals surface area (Å²) in [5, 5.41) is 6.57. The number of ether oxygens (including phenoxy) is 1. The molecule has 4 nitrogen and oxygen atoms in total. The molecule has 5 rings (SSSR count). The molecule has 0 bridgehead atoms. The number of para-hydroxylation sites is 1. The van der Waals surface area contributed by atoms with Gasteiger partial charge in [0.1, 0.15) is 5.75 Å². The lowest BCUT2D eigenvalue weighted by atomic mass is 10.0. The molecule has 5 aromatic rings. The highest BCUT2D eigenvalue weighted by atomic mass is 35.5. The number of rotatable bonds is 4. The first-order valence-corrected chi connectivity index (χ1v) is 10.8. The van der Waals surface area contributed by atoms with Gasteiger partial charge < -0.3 is 4.74 Å². The quantitative estimate of drug-likeness (QED) is 0.303. The summed E-state index contributed by atoms with van der Waals surface area (Å²) in [5.41, 5.74) is 3.49. The number of anilines is 1. The van der Waals surface area contributed by atoms with Crippen molar-refractivity contribution in [1.29, 1.82) is 0 Å². The molecule has 0 atom stereocenters. The predicted octanol–water partition coefficient (Wildman–Crippen LogP) is 7.82. The number of carbonyl (C=O) groups excluding carboxylic acids is 1. The Morgan fingerprint density at radius 1 is 0.818 bits per heavy atom. The fourth-order valence-corrected chi connectivity index (χ4v) is 3.83. The lowest BCUT2D eigenvalue weighted by Gasteiger charge is -2.09. The number of nitrogens with one attached hydrogen (secondary N) is 1. The summed E-state index contributed by atoms with van der Waals surface area (Å²) in [5.74, 6) is 0.494. The number of carbonyl (C=O) groups is 1. The van der Waals surface area contributed by atoms with E-state index in [2.05, 4.69) is 16.4 Å². The molecule has 0 saturated heterocycles. The highest BCUT2D eigenvalue weighted by Crippen LogP contribution is 2.25. The Hall–Kier alpha value is -4.15. The Bertz CT molecular complexity index is 1500. The molecule has 1 heterocycles. The first-order valence-electron chi connectivity index (χ1n) is 10.5. The van der Waals surface area contributed by atoms with Crippen LogP contribution < -0.4 is 10.1 Å². The molecule has 0 aliphatic heterocycles. The van der Waals surface area contributed by atoms with Gasteiger partial charge in [-0.2, -0.15) is 0 Å². The summed E-state index contributed by atoms with van der Waals surface area (Å²) in [7, 11) is 0. The summed E-state index contributed by atoms with van der Waals surface area (Å²) in [6, 6.07) is 30.5. The van der Waals surface area contributed by atoms with Crippen molar-refractivity contribution in [3.63, 3.8) is 0 Å². The van der Waals surface area contributed by atoms with Crippen LogP contribution in [0.5, 0.6) is 5.75 Å². The van der Waals surface area contributed by atoms with E-state index < -0.39 is 6.09 Å². The van der Waals surface area contributed by atoms with Gasteiger partial charge in [-0.25, -0.2) is 9.78 Å². The highest BCUT2D eigenvalue weighted by Gasteiger charge is 2.06. The molecule has 0 unspecified atom stereocenters. The number of pyridine rings is 1. The largest absolute Gasteiger partial charge is 0.417 e. The molecule has 0 spiro atoms. The van der Waals surface area contributed by atoms with Gasteiger partial charge in [-0.05, 0) is 70.9 Å². The van der Waals surface area contributed by atoms with Crippen molar-refractivity contribution >= 4 is 57.2 Å². The minimum absolute atomic E-state index is 0.494. The number of benzene rings is 4. The number of nitrogens with zero attached hydrogens (tertiary/aromatic N) is 1. The van der Waals surface area contributed by atoms with Crippen LogP contribution in [0.25, 0.3) is 33.8 Å². The Labute approximate surface area is 196 Å². The zero-order chi connectivity index (χ0) is 22.6. The molecule has 0 radical (unpaired) electrons. The maximum Gasteiger partial charge on any atom is 0.417 e. The monoisotopic (exact) mass is 450 g/mol. The molecule has 160 valence electrons. The maximum absolute atomic E-state index is 12.2. The number of fused-ring (bicyclic) bond motifs is 2. The van der Waals surface area contributed by atoms with Gasteiger partial charge in [0.25, 0.3) is 0 Å². The van der Waals surface area contributed by atoms with E-state index in [9.17, 15) is 4.79 Å². The van der Waals surface area contributed by atoms with E-state index in [-0.39, 0.29) is 0 Å². The molecule has 1 aromatic heterocycles. The van der Waals surface area contributed by atoms with Gasteiger partial charge in [-0.1, -0.05) is 66.2 Å². The summed E-state index contributed by atoms with van der Waals surface area (Å²) in [6.07, 6.45) is 3.51. The molecular weight excluding hydrogens is 432 g/mol. The molecule has 0 aliphatic rings. The van der Waals surface area contributed by atoms with Crippen LogP contribution in [0.15, 0.2) is 97.1 Å². The Morgan fingerprint density at radius 3 is 2.58 bits per heavy atom. The van der Waals surface area contributed by atoms with Crippen LogP contribution in [-0.2, 0) is 0 Å². The molecule has 1 N–H and O–H groups in total. The fourth-order valence-electron chi connectivity index (χ4n) is 3.65. The van der Waals surface area contributed by atoms with Gasteiger partial charge in [-0.3, -0.25) is 5.32 Å². The van der Waals surface area contributed by atoms with E-state index in [1.165, 1.54) is 0 Å². The number of amides is 1. The third kappa shape index (κ3) is 4.86.